The van der Waals surface area contributed by atoms with E-state index in [2.05, 4.69) is 31.2 Å². The van der Waals surface area contributed by atoms with E-state index >= 15 is 0 Å². The van der Waals surface area contributed by atoms with Gasteiger partial charge in [-0.25, -0.2) is 0 Å². The van der Waals surface area contributed by atoms with Crippen LogP contribution in [-0.4, -0.2) is 23.1 Å². The molecule has 2 rings (SSSR count). The van der Waals surface area contributed by atoms with Crippen molar-refractivity contribution in [1.29, 1.82) is 0 Å². The van der Waals surface area contributed by atoms with Gasteiger partial charge < -0.3 is 11.1 Å². The van der Waals surface area contributed by atoms with E-state index in [4.69, 9.17) is 5.73 Å². The highest BCUT2D eigenvalue weighted by Crippen LogP contribution is 2.21. The van der Waals surface area contributed by atoms with Crippen molar-refractivity contribution in [2.45, 2.75) is 6.42 Å². The molecule has 0 saturated carbocycles. The van der Waals surface area contributed by atoms with Crippen molar-refractivity contribution < 1.29 is 0 Å². The van der Waals surface area contributed by atoms with E-state index in [0.29, 0.717) is 6.54 Å². The maximum absolute atomic E-state index is 5.45. The standard InChI is InChI=1S/C11H13BrN4/c12-8-6-10-11(16-7-8)9(2-5-15-10)14-4-1-3-13/h2,5-7H,1,3-4,13H2,(H,14,15). The summed E-state index contributed by atoms with van der Waals surface area (Å²) in [6.07, 6.45) is 4.50. The number of nitrogens with one attached hydrogen (secondary N) is 1. The average molecular weight is 281 g/mol. The summed E-state index contributed by atoms with van der Waals surface area (Å²) in [5, 5.41) is 3.31. The van der Waals surface area contributed by atoms with Crippen LogP contribution in [-0.2, 0) is 0 Å². The molecule has 0 fully saturated rings. The molecule has 5 heteroatoms. The summed E-state index contributed by atoms with van der Waals surface area (Å²) in [4.78, 5) is 8.63. The van der Waals surface area contributed by atoms with Gasteiger partial charge >= 0.3 is 0 Å². The van der Waals surface area contributed by atoms with Gasteiger partial charge in [0.15, 0.2) is 0 Å². The lowest BCUT2D eigenvalue weighted by atomic mass is 10.2. The number of halogens is 1. The number of nitrogens with two attached hydrogens (primary N) is 1. The molecule has 84 valence electrons. The molecule has 0 spiro atoms. The Morgan fingerprint density at radius 1 is 1.38 bits per heavy atom. The highest BCUT2D eigenvalue weighted by atomic mass is 79.9. The normalized spacial score (nSPS) is 10.6. The number of pyridine rings is 2. The van der Waals surface area contributed by atoms with E-state index in [-0.39, 0.29) is 0 Å². The molecule has 0 bridgehead atoms. The molecule has 2 heterocycles. The van der Waals surface area contributed by atoms with Gasteiger partial charge in [0, 0.05) is 23.4 Å². The highest BCUT2D eigenvalue weighted by Gasteiger charge is 2.02. The molecular formula is C11H13BrN4. The lowest BCUT2D eigenvalue weighted by Crippen LogP contribution is -2.08. The van der Waals surface area contributed by atoms with Gasteiger partial charge in [-0.15, -0.1) is 0 Å². The van der Waals surface area contributed by atoms with Gasteiger partial charge in [-0.1, -0.05) is 0 Å². The SMILES string of the molecule is NCCCNc1ccnc2cc(Br)cnc12. The number of hydrogen-bond acceptors (Lipinski definition) is 4. The van der Waals surface area contributed by atoms with Crippen LogP contribution in [0.25, 0.3) is 11.0 Å². The van der Waals surface area contributed by atoms with Gasteiger partial charge in [-0.05, 0) is 41.0 Å². The zero-order valence-corrected chi connectivity index (χ0v) is 10.4. The molecule has 0 atom stereocenters. The molecule has 2 aromatic heterocycles. The quantitative estimate of drug-likeness (QED) is 0.843. The van der Waals surface area contributed by atoms with Crippen LogP contribution in [0.4, 0.5) is 5.69 Å². The molecule has 16 heavy (non-hydrogen) atoms. The predicted octanol–water partition coefficient (Wildman–Crippen LogP) is 2.15. The molecule has 0 aliphatic heterocycles. The molecule has 0 aliphatic carbocycles. The summed E-state index contributed by atoms with van der Waals surface area (Å²) in [7, 11) is 0. The molecular weight excluding hydrogens is 268 g/mol. The molecule has 0 radical (unpaired) electrons. The van der Waals surface area contributed by atoms with Gasteiger partial charge in [0.1, 0.15) is 5.52 Å². The van der Waals surface area contributed by atoms with Crippen molar-refractivity contribution >= 4 is 32.7 Å². The minimum absolute atomic E-state index is 0.689. The molecule has 0 saturated heterocycles. The van der Waals surface area contributed by atoms with E-state index in [0.717, 1.165) is 34.2 Å². The lowest BCUT2D eigenvalue weighted by Gasteiger charge is -2.07. The topological polar surface area (TPSA) is 63.8 Å². The Bertz CT molecular complexity index is 486. The molecule has 0 amide bonds. The molecule has 3 N–H and O–H groups in total. The first-order valence-corrected chi connectivity index (χ1v) is 5.95. The summed E-state index contributed by atoms with van der Waals surface area (Å²) in [6.45, 7) is 1.54. The van der Waals surface area contributed by atoms with Crippen molar-refractivity contribution in [3.8, 4) is 0 Å². The third kappa shape index (κ3) is 2.48. The van der Waals surface area contributed by atoms with Gasteiger partial charge in [-0.3, -0.25) is 9.97 Å². The van der Waals surface area contributed by atoms with Crippen LogP contribution in [0.2, 0.25) is 0 Å². The average Bonchev–Trinajstić information content (AvgIpc) is 2.29. The molecule has 2 aromatic rings. The van der Waals surface area contributed by atoms with Crippen molar-refractivity contribution in [1.82, 2.24) is 9.97 Å². The second-order valence-corrected chi connectivity index (χ2v) is 4.36. The van der Waals surface area contributed by atoms with Crippen LogP contribution < -0.4 is 11.1 Å². The van der Waals surface area contributed by atoms with E-state index in [1.54, 1.807) is 12.4 Å². The number of aromatic nitrogens is 2. The van der Waals surface area contributed by atoms with E-state index in [1.165, 1.54) is 0 Å². The number of rotatable bonds is 4. The Morgan fingerprint density at radius 2 is 2.25 bits per heavy atom. The number of anilines is 1. The van der Waals surface area contributed by atoms with Gasteiger partial charge in [-0.2, -0.15) is 0 Å². The van der Waals surface area contributed by atoms with E-state index < -0.39 is 0 Å². The van der Waals surface area contributed by atoms with E-state index in [1.807, 2.05) is 12.1 Å². The molecule has 0 aliphatic rings. The van der Waals surface area contributed by atoms with Crippen molar-refractivity contribution in [3.63, 3.8) is 0 Å². The minimum atomic E-state index is 0.689. The van der Waals surface area contributed by atoms with Crippen molar-refractivity contribution in [2.75, 3.05) is 18.4 Å². The Hall–Kier alpha value is -1.20. The fraction of sp³-hybridized carbons (Fsp3) is 0.273. The second-order valence-electron chi connectivity index (χ2n) is 3.45. The summed E-state index contributed by atoms with van der Waals surface area (Å²) in [5.41, 5.74) is 8.23. The maximum Gasteiger partial charge on any atom is 0.112 e. The van der Waals surface area contributed by atoms with Crippen molar-refractivity contribution in [3.05, 3.63) is 29.0 Å². The first kappa shape index (κ1) is 11.3. The maximum atomic E-state index is 5.45. The molecule has 0 aromatic carbocycles. The van der Waals surface area contributed by atoms with Crippen LogP contribution in [0.1, 0.15) is 6.42 Å². The molecule has 0 unspecified atom stereocenters. The third-order valence-electron chi connectivity index (χ3n) is 2.24. The lowest BCUT2D eigenvalue weighted by molar-refractivity contribution is 0.875. The summed E-state index contributed by atoms with van der Waals surface area (Å²) in [6, 6.07) is 3.89. The van der Waals surface area contributed by atoms with Gasteiger partial charge in [0.05, 0.1) is 11.2 Å². The number of hydrogen-bond donors (Lipinski definition) is 2. The minimum Gasteiger partial charge on any atom is -0.383 e. The summed E-state index contributed by atoms with van der Waals surface area (Å²) < 4.78 is 0.937. The summed E-state index contributed by atoms with van der Waals surface area (Å²) >= 11 is 3.38. The number of nitrogens with zero attached hydrogens (tertiary/aromatic N) is 2. The zero-order chi connectivity index (χ0) is 11.4. The Kier molecular flexibility index (Phi) is 3.69. The fourth-order valence-electron chi connectivity index (χ4n) is 1.47. The number of fused-ring (bicyclic) bond motifs is 1. The first-order chi connectivity index (χ1) is 7.81. The second kappa shape index (κ2) is 5.23. The monoisotopic (exact) mass is 280 g/mol. The predicted molar refractivity (Wildman–Crippen MR) is 69.4 cm³/mol. The first-order valence-electron chi connectivity index (χ1n) is 5.15. The smallest absolute Gasteiger partial charge is 0.112 e. The molecule has 4 nitrogen and oxygen atoms in total. The summed E-state index contributed by atoms with van der Waals surface area (Å²) in [5.74, 6) is 0. The van der Waals surface area contributed by atoms with Crippen LogP contribution in [0.15, 0.2) is 29.0 Å². The van der Waals surface area contributed by atoms with Crippen LogP contribution >= 0.6 is 15.9 Å². The van der Waals surface area contributed by atoms with E-state index in [9.17, 15) is 0 Å². The zero-order valence-electron chi connectivity index (χ0n) is 8.78. The Morgan fingerprint density at radius 3 is 3.06 bits per heavy atom. The van der Waals surface area contributed by atoms with Crippen LogP contribution in [0, 0.1) is 0 Å². The largest absolute Gasteiger partial charge is 0.383 e. The Labute approximate surface area is 102 Å². The van der Waals surface area contributed by atoms with Gasteiger partial charge in [0.2, 0.25) is 0 Å². The third-order valence-corrected chi connectivity index (χ3v) is 2.67. The van der Waals surface area contributed by atoms with Crippen molar-refractivity contribution in [2.24, 2.45) is 5.73 Å². The van der Waals surface area contributed by atoms with Crippen LogP contribution in [0.5, 0.6) is 0 Å². The van der Waals surface area contributed by atoms with Gasteiger partial charge in [0.25, 0.3) is 0 Å². The highest BCUT2D eigenvalue weighted by molar-refractivity contribution is 9.10. The van der Waals surface area contributed by atoms with Crippen LogP contribution in [0.3, 0.4) is 0 Å². The Balaban J connectivity index is 2.30. The fourth-order valence-corrected chi connectivity index (χ4v) is 1.79.